The van der Waals surface area contributed by atoms with Crippen LogP contribution in [0.4, 0.5) is 0 Å². The second-order valence-electron chi connectivity index (χ2n) is 4.87. The lowest BCUT2D eigenvalue weighted by Gasteiger charge is -2.13. The summed E-state index contributed by atoms with van der Waals surface area (Å²) < 4.78 is 46.2. The summed E-state index contributed by atoms with van der Waals surface area (Å²) in [4.78, 5) is 11.2. The molecule has 8 heteroatoms. The second-order valence-corrected chi connectivity index (χ2v) is 9.43. The lowest BCUT2D eigenvalue weighted by Crippen LogP contribution is -2.34. The van der Waals surface area contributed by atoms with Gasteiger partial charge in [0.15, 0.2) is 15.1 Å². The Labute approximate surface area is 124 Å². The molecule has 0 spiro atoms. The van der Waals surface area contributed by atoms with Crippen LogP contribution in [0.1, 0.15) is 12.0 Å². The predicted octanol–water partition coefficient (Wildman–Crippen LogP) is 0.532. The van der Waals surface area contributed by atoms with E-state index in [1.165, 1.54) is 0 Å². The molecule has 0 radical (unpaired) electrons. The zero-order valence-electron chi connectivity index (χ0n) is 11.6. The van der Waals surface area contributed by atoms with Crippen LogP contribution in [0.15, 0.2) is 30.3 Å². The molecule has 0 saturated heterocycles. The average molecular weight is 334 g/mol. The molecule has 0 bridgehead atoms. The highest BCUT2D eigenvalue weighted by molar-refractivity contribution is 7.93. The molecule has 1 unspecified atom stereocenters. The Morgan fingerprint density at radius 3 is 2.14 bits per heavy atom. The van der Waals surface area contributed by atoms with E-state index in [-0.39, 0.29) is 18.6 Å². The molecule has 1 aromatic carbocycles. The predicted molar refractivity (Wildman–Crippen MR) is 79.7 cm³/mol. The molecule has 0 aromatic heterocycles. The molecule has 21 heavy (non-hydrogen) atoms. The normalized spacial score (nSPS) is 13.8. The number of carbonyl (C=O) groups is 1. The minimum Gasteiger partial charge on any atom is -0.480 e. The first-order valence-electron chi connectivity index (χ1n) is 6.28. The fourth-order valence-electron chi connectivity index (χ4n) is 1.86. The van der Waals surface area contributed by atoms with Gasteiger partial charge in [-0.25, -0.2) is 16.8 Å². The van der Waals surface area contributed by atoms with E-state index in [2.05, 4.69) is 0 Å². The van der Waals surface area contributed by atoms with E-state index < -0.39 is 36.6 Å². The number of sulfone groups is 2. The van der Waals surface area contributed by atoms with Crippen LogP contribution in [0, 0.1) is 0 Å². The van der Waals surface area contributed by atoms with Crippen LogP contribution in [-0.4, -0.2) is 50.9 Å². The molecule has 0 heterocycles. The van der Waals surface area contributed by atoms with Gasteiger partial charge in [-0.05, 0) is 18.4 Å². The highest BCUT2D eigenvalue weighted by Gasteiger charge is 2.32. The van der Waals surface area contributed by atoms with Crippen LogP contribution in [0.5, 0.6) is 0 Å². The third kappa shape index (κ3) is 6.26. The van der Waals surface area contributed by atoms with Crippen molar-refractivity contribution in [1.29, 1.82) is 0 Å². The van der Waals surface area contributed by atoms with E-state index in [0.717, 1.165) is 6.26 Å². The van der Waals surface area contributed by atoms with Crippen LogP contribution in [0.25, 0.3) is 0 Å². The maximum absolute atomic E-state index is 12.1. The summed E-state index contributed by atoms with van der Waals surface area (Å²) in [5.74, 6) is -2.15. The first-order chi connectivity index (χ1) is 9.62. The fourth-order valence-corrected chi connectivity index (χ4v) is 4.30. The summed E-state index contributed by atoms with van der Waals surface area (Å²) in [6.07, 6.45) is 0.787. The summed E-state index contributed by atoms with van der Waals surface area (Å²) in [5, 5.41) is 7.58. The highest BCUT2D eigenvalue weighted by Crippen LogP contribution is 2.13. The van der Waals surface area contributed by atoms with E-state index in [9.17, 15) is 21.6 Å². The van der Waals surface area contributed by atoms with Crippen LogP contribution in [-0.2, 0) is 30.9 Å². The molecular weight excluding hydrogens is 316 g/mol. The number of hydrogen-bond donors (Lipinski definition) is 1. The van der Waals surface area contributed by atoms with Crippen molar-refractivity contribution in [2.45, 2.75) is 18.1 Å². The number of hydrogen-bond acceptors (Lipinski definition) is 5. The molecule has 0 saturated carbocycles. The number of benzene rings is 1. The third-order valence-electron chi connectivity index (χ3n) is 2.92. The van der Waals surface area contributed by atoms with Gasteiger partial charge in [-0.3, -0.25) is 4.79 Å². The molecule has 118 valence electrons. The van der Waals surface area contributed by atoms with Gasteiger partial charge in [0.05, 0.1) is 11.5 Å². The van der Waals surface area contributed by atoms with E-state index in [0.29, 0.717) is 5.56 Å². The van der Waals surface area contributed by atoms with E-state index >= 15 is 0 Å². The molecule has 1 N–H and O–H groups in total. The van der Waals surface area contributed by atoms with E-state index in [4.69, 9.17) is 5.11 Å². The molecule has 1 aromatic rings. The Bertz CT molecular complexity index is 677. The Morgan fingerprint density at radius 1 is 1.10 bits per heavy atom. The maximum Gasteiger partial charge on any atom is 0.322 e. The van der Waals surface area contributed by atoms with Gasteiger partial charge < -0.3 is 5.11 Å². The Balaban J connectivity index is 2.82. The van der Waals surface area contributed by atoms with Crippen LogP contribution >= 0.6 is 0 Å². The molecular formula is C13H18O6S2. The molecule has 0 aliphatic rings. The average Bonchev–Trinajstić information content (AvgIpc) is 2.34. The summed E-state index contributed by atoms with van der Waals surface area (Å²) in [5.41, 5.74) is 0.608. The van der Waals surface area contributed by atoms with E-state index in [1.807, 2.05) is 0 Å². The number of aliphatic carboxylic acids is 1. The van der Waals surface area contributed by atoms with Crippen molar-refractivity contribution < 1.29 is 26.7 Å². The number of carboxylic acids is 1. The minimum absolute atomic E-state index is 0.0975. The van der Waals surface area contributed by atoms with Gasteiger partial charge in [0.2, 0.25) is 0 Å². The van der Waals surface area contributed by atoms with Gasteiger partial charge in [-0.15, -0.1) is 0 Å². The Kier molecular flexibility index (Phi) is 5.91. The summed E-state index contributed by atoms with van der Waals surface area (Å²) in [7, 11) is -7.17. The third-order valence-corrected chi connectivity index (χ3v) is 6.04. The van der Waals surface area contributed by atoms with Crippen LogP contribution < -0.4 is 0 Å². The first-order valence-corrected chi connectivity index (χ1v) is 10.1. The molecule has 1 rings (SSSR count). The van der Waals surface area contributed by atoms with Gasteiger partial charge in [-0.2, -0.15) is 0 Å². The molecule has 0 aliphatic heterocycles. The molecule has 0 aliphatic carbocycles. The van der Waals surface area contributed by atoms with Crippen molar-refractivity contribution in [3.8, 4) is 0 Å². The zero-order chi connectivity index (χ0) is 16.1. The van der Waals surface area contributed by atoms with Gasteiger partial charge in [-0.1, -0.05) is 30.3 Å². The van der Waals surface area contributed by atoms with Crippen molar-refractivity contribution in [1.82, 2.24) is 0 Å². The van der Waals surface area contributed by atoms with Crippen molar-refractivity contribution in [3.05, 3.63) is 35.9 Å². The SMILES string of the molecule is CS(=O)(=O)CCCS(=O)(=O)C(Cc1ccccc1)C(=O)O. The van der Waals surface area contributed by atoms with Gasteiger partial charge in [0.25, 0.3) is 0 Å². The number of carboxylic acid groups (broad SMARTS) is 1. The summed E-state index contributed by atoms with van der Waals surface area (Å²) in [6.45, 7) is 0. The zero-order valence-corrected chi connectivity index (χ0v) is 13.2. The van der Waals surface area contributed by atoms with Gasteiger partial charge in [0.1, 0.15) is 9.84 Å². The van der Waals surface area contributed by atoms with Gasteiger partial charge >= 0.3 is 5.97 Å². The second kappa shape index (κ2) is 7.04. The topological polar surface area (TPSA) is 106 Å². The van der Waals surface area contributed by atoms with Crippen molar-refractivity contribution in [2.24, 2.45) is 0 Å². The lowest BCUT2D eigenvalue weighted by atomic mass is 10.1. The van der Waals surface area contributed by atoms with Gasteiger partial charge in [0, 0.05) is 6.26 Å². The molecule has 1 atom stereocenters. The smallest absolute Gasteiger partial charge is 0.322 e. The summed E-state index contributed by atoms with van der Waals surface area (Å²) in [6, 6.07) is 8.46. The fraction of sp³-hybridized carbons (Fsp3) is 0.462. The van der Waals surface area contributed by atoms with E-state index in [1.54, 1.807) is 30.3 Å². The summed E-state index contributed by atoms with van der Waals surface area (Å²) >= 11 is 0. The first kappa shape index (κ1) is 17.6. The van der Waals surface area contributed by atoms with Crippen molar-refractivity contribution in [2.75, 3.05) is 17.8 Å². The van der Waals surface area contributed by atoms with Crippen LogP contribution in [0.2, 0.25) is 0 Å². The highest BCUT2D eigenvalue weighted by atomic mass is 32.2. The standard InChI is InChI=1S/C13H18O6S2/c1-20(16,17)8-5-9-21(18,19)12(13(14)15)10-11-6-3-2-4-7-11/h2-4,6-7,12H,5,8-10H2,1H3,(H,14,15). The largest absolute Gasteiger partial charge is 0.480 e. The maximum atomic E-state index is 12.1. The molecule has 6 nitrogen and oxygen atoms in total. The Morgan fingerprint density at radius 2 is 1.67 bits per heavy atom. The quantitative estimate of drug-likeness (QED) is 0.743. The lowest BCUT2D eigenvalue weighted by molar-refractivity contribution is -0.136. The van der Waals surface area contributed by atoms with Crippen molar-refractivity contribution >= 4 is 25.6 Å². The van der Waals surface area contributed by atoms with Crippen molar-refractivity contribution in [3.63, 3.8) is 0 Å². The van der Waals surface area contributed by atoms with Crippen LogP contribution in [0.3, 0.4) is 0 Å². The Hall–Kier alpha value is -1.41. The minimum atomic E-state index is -3.91. The number of rotatable bonds is 8. The molecule has 0 amide bonds. The molecule has 0 fully saturated rings. The monoisotopic (exact) mass is 334 g/mol.